The van der Waals surface area contributed by atoms with Crippen molar-refractivity contribution in [1.29, 1.82) is 0 Å². The van der Waals surface area contributed by atoms with Crippen LogP contribution in [-0.2, 0) is 13.6 Å². The molecule has 22 heavy (non-hydrogen) atoms. The third-order valence-electron chi connectivity index (χ3n) is 3.46. The van der Waals surface area contributed by atoms with Crippen molar-refractivity contribution in [2.45, 2.75) is 13.5 Å². The standard InChI is InChI=1S/C15H14N4O3/c1-3-19-13-11(14(21)18(2)15(22)16-13)8-12(17-19)9-5-4-6-10(20)7-9/h4-8,20H,3H2,1-2H3. The van der Waals surface area contributed by atoms with Gasteiger partial charge in [0.15, 0.2) is 5.82 Å². The van der Waals surface area contributed by atoms with Gasteiger partial charge in [-0.1, -0.05) is 12.1 Å². The van der Waals surface area contributed by atoms with Gasteiger partial charge < -0.3 is 5.11 Å². The maximum Gasteiger partial charge on any atom is 0.352 e. The summed E-state index contributed by atoms with van der Waals surface area (Å²) in [4.78, 5) is 27.9. The lowest BCUT2D eigenvalue weighted by atomic mass is 10.1. The lowest BCUT2D eigenvalue weighted by Crippen LogP contribution is -2.36. The molecular formula is C15H14N4O3. The average molecular weight is 298 g/mol. The van der Waals surface area contributed by atoms with Gasteiger partial charge in [0.05, 0.1) is 11.3 Å². The summed E-state index contributed by atoms with van der Waals surface area (Å²) in [6, 6.07) is 8.19. The van der Waals surface area contributed by atoms with Crippen molar-refractivity contribution < 1.29 is 5.11 Å². The van der Waals surface area contributed by atoms with Crippen LogP contribution in [0.2, 0.25) is 0 Å². The number of phenols is 1. The smallest absolute Gasteiger partial charge is 0.352 e. The number of aromatic nitrogens is 4. The van der Waals surface area contributed by atoms with E-state index >= 15 is 0 Å². The molecule has 0 saturated heterocycles. The quantitative estimate of drug-likeness (QED) is 0.757. The van der Waals surface area contributed by atoms with E-state index in [0.29, 0.717) is 23.4 Å². The Labute approximate surface area is 125 Å². The van der Waals surface area contributed by atoms with Crippen molar-refractivity contribution >= 4 is 0 Å². The molecule has 1 N–H and O–H groups in total. The van der Waals surface area contributed by atoms with E-state index in [0.717, 1.165) is 4.57 Å². The third kappa shape index (κ3) is 2.16. The monoisotopic (exact) mass is 298 g/mol. The number of aromatic hydroxyl groups is 1. The molecule has 0 fully saturated rings. The topological polar surface area (TPSA) is 90.0 Å². The first-order valence-electron chi connectivity index (χ1n) is 6.79. The fourth-order valence-electron chi connectivity index (χ4n) is 2.28. The number of aryl methyl sites for hydroxylation is 1. The molecule has 1 aromatic rings. The summed E-state index contributed by atoms with van der Waals surface area (Å²) in [6.07, 6.45) is 0. The Morgan fingerprint density at radius 1 is 1.23 bits per heavy atom. The summed E-state index contributed by atoms with van der Waals surface area (Å²) >= 11 is 0. The predicted molar refractivity (Wildman–Crippen MR) is 80.9 cm³/mol. The summed E-state index contributed by atoms with van der Waals surface area (Å²) in [5, 5.41) is 14.0. The van der Waals surface area contributed by atoms with Crippen LogP contribution in [0.5, 0.6) is 5.75 Å². The van der Waals surface area contributed by atoms with Crippen LogP contribution in [0.1, 0.15) is 6.92 Å². The molecule has 112 valence electrons. The Balaban J connectivity index is 2.38. The Morgan fingerprint density at radius 2 is 2.00 bits per heavy atom. The van der Waals surface area contributed by atoms with Crippen LogP contribution in [0.25, 0.3) is 22.6 Å². The van der Waals surface area contributed by atoms with Crippen LogP contribution in [0.15, 0.2) is 39.9 Å². The van der Waals surface area contributed by atoms with E-state index in [-0.39, 0.29) is 11.6 Å². The van der Waals surface area contributed by atoms with Crippen molar-refractivity contribution in [3.05, 3.63) is 51.2 Å². The zero-order valence-corrected chi connectivity index (χ0v) is 12.1. The summed E-state index contributed by atoms with van der Waals surface area (Å²) in [5.74, 6) is 0.378. The molecule has 0 spiro atoms. The van der Waals surface area contributed by atoms with E-state index in [1.165, 1.54) is 11.7 Å². The van der Waals surface area contributed by atoms with Crippen molar-refractivity contribution in [2.75, 3.05) is 0 Å². The molecule has 7 heteroatoms. The number of rotatable bonds is 2. The van der Waals surface area contributed by atoms with Gasteiger partial charge in [-0.05, 0) is 25.1 Å². The summed E-state index contributed by atoms with van der Waals surface area (Å²) in [7, 11) is 1.39. The highest BCUT2D eigenvalue weighted by molar-refractivity contribution is 5.67. The summed E-state index contributed by atoms with van der Waals surface area (Å²) in [5.41, 5.74) is 0.505. The first-order valence-corrected chi connectivity index (χ1v) is 6.79. The van der Waals surface area contributed by atoms with E-state index in [1.807, 2.05) is 6.92 Å². The van der Waals surface area contributed by atoms with E-state index in [2.05, 4.69) is 10.1 Å². The minimum atomic E-state index is -0.605. The molecule has 2 heterocycles. The largest absolute Gasteiger partial charge is 0.508 e. The van der Waals surface area contributed by atoms with Gasteiger partial charge in [-0.15, -0.1) is 0 Å². The lowest BCUT2D eigenvalue weighted by molar-refractivity contribution is 0.475. The van der Waals surface area contributed by atoms with Crippen LogP contribution in [-0.4, -0.2) is 24.4 Å². The first-order chi connectivity index (χ1) is 10.5. The van der Waals surface area contributed by atoms with Gasteiger partial charge in [-0.2, -0.15) is 10.1 Å². The highest BCUT2D eigenvalue weighted by Gasteiger charge is 2.18. The zero-order valence-electron chi connectivity index (χ0n) is 12.1. The number of fused-ring (bicyclic) bond motifs is 1. The van der Waals surface area contributed by atoms with Gasteiger partial charge in [-0.3, -0.25) is 9.36 Å². The number of phenolic OH excluding ortho intramolecular Hbond substituents is 1. The number of benzene rings is 1. The molecule has 0 aromatic heterocycles. The fraction of sp³-hybridized carbons (Fsp3) is 0.200. The molecule has 0 amide bonds. The molecule has 3 rings (SSSR count). The Hall–Kier alpha value is -2.96. The second kappa shape index (κ2) is 5.10. The van der Waals surface area contributed by atoms with Gasteiger partial charge in [0, 0.05) is 19.2 Å². The number of hydrogen-bond donors (Lipinski definition) is 1. The fourth-order valence-corrected chi connectivity index (χ4v) is 2.28. The predicted octanol–water partition coefficient (Wildman–Crippen LogP) is 0.834. The van der Waals surface area contributed by atoms with Crippen LogP contribution in [0.3, 0.4) is 0 Å². The second-order valence-corrected chi connectivity index (χ2v) is 4.89. The molecule has 0 unspecified atom stereocenters. The van der Waals surface area contributed by atoms with E-state index in [1.54, 1.807) is 30.3 Å². The van der Waals surface area contributed by atoms with Crippen molar-refractivity contribution in [3.8, 4) is 28.4 Å². The van der Waals surface area contributed by atoms with Gasteiger partial charge in [-0.25, -0.2) is 9.48 Å². The molecule has 2 aliphatic heterocycles. The molecule has 0 bridgehead atoms. The summed E-state index contributed by atoms with van der Waals surface area (Å²) < 4.78 is 2.48. The van der Waals surface area contributed by atoms with Gasteiger partial charge in [0.2, 0.25) is 0 Å². The highest BCUT2D eigenvalue weighted by Crippen LogP contribution is 2.24. The molecule has 0 atom stereocenters. The van der Waals surface area contributed by atoms with Crippen molar-refractivity contribution in [2.24, 2.45) is 7.05 Å². The van der Waals surface area contributed by atoms with E-state index < -0.39 is 11.2 Å². The molecule has 1 aromatic carbocycles. The Bertz CT molecular complexity index is 942. The average Bonchev–Trinajstić information content (AvgIpc) is 2.52. The number of hydrogen-bond acceptors (Lipinski definition) is 5. The molecule has 2 aliphatic rings. The second-order valence-electron chi connectivity index (χ2n) is 4.89. The van der Waals surface area contributed by atoms with Crippen LogP contribution >= 0.6 is 0 Å². The van der Waals surface area contributed by atoms with E-state index in [4.69, 9.17) is 0 Å². The maximum atomic E-state index is 12.3. The third-order valence-corrected chi connectivity index (χ3v) is 3.46. The Morgan fingerprint density at radius 3 is 2.68 bits per heavy atom. The minimum Gasteiger partial charge on any atom is -0.508 e. The van der Waals surface area contributed by atoms with Gasteiger partial charge >= 0.3 is 5.69 Å². The SMILES string of the molecule is CCn1nc(-c2cccc(O)c2)cc2c(=O)n(C)c(=O)nc1-2. The lowest BCUT2D eigenvalue weighted by Gasteiger charge is -2.14. The minimum absolute atomic E-state index is 0.114. The molecule has 0 aliphatic carbocycles. The van der Waals surface area contributed by atoms with E-state index in [9.17, 15) is 14.7 Å². The first kappa shape index (κ1) is 14.0. The Kier molecular flexibility index (Phi) is 3.25. The van der Waals surface area contributed by atoms with Gasteiger partial charge in [0.1, 0.15) is 5.75 Å². The normalized spacial score (nSPS) is 11.0. The summed E-state index contributed by atoms with van der Waals surface area (Å²) in [6.45, 7) is 2.31. The van der Waals surface area contributed by atoms with Crippen LogP contribution < -0.4 is 11.2 Å². The van der Waals surface area contributed by atoms with Gasteiger partial charge in [0.25, 0.3) is 5.56 Å². The highest BCUT2D eigenvalue weighted by atomic mass is 16.3. The van der Waals surface area contributed by atoms with Crippen LogP contribution in [0.4, 0.5) is 0 Å². The molecule has 7 nitrogen and oxygen atoms in total. The van der Waals surface area contributed by atoms with Crippen molar-refractivity contribution in [3.63, 3.8) is 0 Å². The number of nitrogens with zero attached hydrogens (tertiary/aromatic N) is 4. The molecule has 0 radical (unpaired) electrons. The molecule has 0 saturated carbocycles. The van der Waals surface area contributed by atoms with Crippen molar-refractivity contribution in [1.82, 2.24) is 19.3 Å². The maximum absolute atomic E-state index is 12.3. The molecular weight excluding hydrogens is 284 g/mol. The zero-order chi connectivity index (χ0) is 15.9. The van der Waals surface area contributed by atoms with Crippen LogP contribution in [0, 0.1) is 0 Å².